The van der Waals surface area contributed by atoms with Crippen LogP contribution in [0.3, 0.4) is 0 Å². The standard InChI is InChI=1S/C10H12N4O2S/c1-10(2,3)8-11-9(17-13-8)14-5-4-6(12-14)7(15)16/h4-5H,1-3H3,(H,15,16). The highest BCUT2D eigenvalue weighted by Gasteiger charge is 2.20. The van der Waals surface area contributed by atoms with Gasteiger partial charge in [0.05, 0.1) is 0 Å². The van der Waals surface area contributed by atoms with E-state index in [1.165, 1.54) is 22.3 Å². The van der Waals surface area contributed by atoms with Gasteiger partial charge in [0.15, 0.2) is 5.69 Å². The van der Waals surface area contributed by atoms with E-state index in [1.807, 2.05) is 20.8 Å². The fourth-order valence-corrected chi connectivity index (χ4v) is 1.95. The molecule has 0 aliphatic heterocycles. The molecule has 0 aliphatic carbocycles. The van der Waals surface area contributed by atoms with E-state index in [9.17, 15) is 4.79 Å². The summed E-state index contributed by atoms with van der Waals surface area (Å²) in [5.41, 5.74) is -0.130. The summed E-state index contributed by atoms with van der Waals surface area (Å²) in [5.74, 6) is -0.325. The molecule has 0 spiro atoms. The number of hydrogen-bond donors (Lipinski definition) is 1. The number of aromatic carboxylic acids is 1. The average Bonchev–Trinajstić information content (AvgIpc) is 2.85. The fraction of sp³-hybridized carbons (Fsp3) is 0.400. The Bertz CT molecular complexity index is 553. The molecule has 0 aliphatic rings. The molecule has 2 rings (SSSR count). The van der Waals surface area contributed by atoms with Crippen molar-refractivity contribution in [3.63, 3.8) is 0 Å². The van der Waals surface area contributed by atoms with Crippen LogP contribution in [0.5, 0.6) is 0 Å². The zero-order chi connectivity index (χ0) is 12.6. The lowest BCUT2D eigenvalue weighted by Crippen LogP contribution is -2.13. The maximum Gasteiger partial charge on any atom is 0.356 e. The molecular weight excluding hydrogens is 240 g/mol. The minimum Gasteiger partial charge on any atom is -0.476 e. The van der Waals surface area contributed by atoms with E-state index in [2.05, 4.69) is 14.5 Å². The minimum atomic E-state index is -1.05. The normalized spacial score (nSPS) is 11.7. The van der Waals surface area contributed by atoms with Crippen molar-refractivity contribution in [2.24, 2.45) is 0 Å². The van der Waals surface area contributed by atoms with Gasteiger partial charge in [-0.05, 0) is 6.07 Å². The Labute approximate surface area is 102 Å². The summed E-state index contributed by atoms with van der Waals surface area (Å²) in [6.07, 6.45) is 1.57. The topological polar surface area (TPSA) is 80.9 Å². The lowest BCUT2D eigenvalue weighted by atomic mass is 9.96. The number of rotatable bonds is 2. The Morgan fingerprint density at radius 1 is 1.47 bits per heavy atom. The van der Waals surface area contributed by atoms with E-state index in [0.717, 1.165) is 5.82 Å². The summed E-state index contributed by atoms with van der Waals surface area (Å²) in [5, 5.41) is 13.2. The number of carboxylic acids is 1. The second kappa shape index (κ2) is 3.92. The van der Waals surface area contributed by atoms with Crippen LogP contribution in [0.2, 0.25) is 0 Å². The zero-order valence-corrected chi connectivity index (χ0v) is 10.5. The summed E-state index contributed by atoms with van der Waals surface area (Å²) >= 11 is 1.20. The molecule has 0 bridgehead atoms. The van der Waals surface area contributed by atoms with Crippen LogP contribution >= 0.6 is 11.5 Å². The van der Waals surface area contributed by atoms with Gasteiger partial charge < -0.3 is 5.11 Å². The zero-order valence-electron chi connectivity index (χ0n) is 9.71. The first-order chi connectivity index (χ1) is 7.88. The quantitative estimate of drug-likeness (QED) is 0.880. The maximum absolute atomic E-state index is 10.7. The number of aromatic nitrogens is 4. The molecule has 0 saturated carbocycles. The lowest BCUT2D eigenvalue weighted by Gasteiger charge is -2.11. The summed E-state index contributed by atoms with van der Waals surface area (Å²) in [7, 11) is 0. The van der Waals surface area contributed by atoms with Crippen molar-refractivity contribution in [1.82, 2.24) is 19.1 Å². The Morgan fingerprint density at radius 3 is 2.65 bits per heavy atom. The van der Waals surface area contributed by atoms with Gasteiger partial charge in [0.25, 0.3) is 0 Å². The highest BCUT2D eigenvalue weighted by molar-refractivity contribution is 7.08. The van der Waals surface area contributed by atoms with Gasteiger partial charge in [-0.3, -0.25) is 0 Å². The molecule has 6 nitrogen and oxygen atoms in total. The minimum absolute atomic E-state index is 0.00231. The van der Waals surface area contributed by atoms with E-state index in [1.54, 1.807) is 6.20 Å². The molecule has 2 heterocycles. The highest BCUT2D eigenvalue weighted by atomic mass is 32.1. The van der Waals surface area contributed by atoms with Gasteiger partial charge in [0, 0.05) is 23.1 Å². The summed E-state index contributed by atoms with van der Waals surface area (Å²) in [6.45, 7) is 6.06. The first-order valence-corrected chi connectivity index (χ1v) is 5.79. The molecule has 0 unspecified atom stereocenters. The third-order valence-corrected chi connectivity index (χ3v) is 2.80. The summed E-state index contributed by atoms with van der Waals surface area (Å²) in [6, 6.07) is 1.43. The third-order valence-electron chi connectivity index (χ3n) is 2.09. The van der Waals surface area contributed by atoms with Gasteiger partial charge in [-0.2, -0.15) is 9.47 Å². The highest BCUT2D eigenvalue weighted by Crippen LogP contribution is 2.22. The van der Waals surface area contributed by atoms with Gasteiger partial charge >= 0.3 is 5.97 Å². The lowest BCUT2D eigenvalue weighted by molar-refractivity contribution is 0.0690. The van der Waals surface area contributed by atoms with Gasteiger partial charge in [-0.15, -0.1) is 0 Å². The molecule has 0 radical (unpaired) electrons. The molecule has 1 N–H and O–H groups in total. The van der Waals surface area contributed by atoms with E-state index in [-0.39, 0.29) is 11.1 Å². The van der Waals surface area contributed by atoms with Crippen LogP contribution < -0.4 is 0 Å². The van der Waals surface area contributed by atoms with Gasteiger partial charge in [-0.1, -0.05) is 20.8 Å². The van der Waals surface area contributed by atoms with E-state index in [0.29, 0.717) is 5.13 Å². The number of carboxylic acid groups (broad SMARTS) is 1. The van der Waals surface area contributed by atoms with Crippen molar-refractivity contribution in [2.45, 2.75) is 26.2 Å². The SMILES string of the molecule is CC(C)(C)c1nsc(-n2ccc(C(=O)O)n2)n1. The molecule has 2 aromatic rings. The molecule has 7 heteroatoms. The van der Waals surface area contributed by atoms with Crippen LogP contribution in [0, 0.1) is 0 Å². The smallest absolute Gasteiger partial charge is 0.356 e. The first kappa shape index (κ1) is 11.7. The van der Waals surface area contributed by atoms with Crippen molar-refractivity contribution in [1.29, 1.82) is 0 Å². The summed E-state index contributed by atoms with van der Waals surface area (Å²) in [4.78, 5) is 15.0. The Balaban J connectivity index is 2.34. The van der Waals surface area contributed by atoms with Crippen LogP contribution in [0.4, 0.5) is 0 Å². The number of carbonyl (C=O) groups is 1. The fourth-order valence-electron chi connectivity index (χ4n) is 1.16. The predicted molar refractivity (Wildman–Crippen MR) is 62.7 cm³/mol. The van der Waals surface area contributed by atoms with Crippen molar-refractivity contribution in [3.8, 4) is 5.13 Å². The molecular formula is C10H12N4O2S. The van der Waals surface area contributed by atoms with Crippen LogP contribution in [0.1, 0.15) is 37.1 Å². The van der Waals surface area contributed by atoms with Crippen molar-refractivity contribution in [2.75, 3.05) is 0 Å². The van der Waals surface area contributed by atoms with Crippen LogP contribution in [0.25, 0.3) is 5.13 Å². The Kier molecular flexibility index (Phi) is 2.70. The maximum atomic E-state index is 10.7. The largest absolute Gasteiger partial charge is 0.476 e. The molecule has 0 saturated heterocycles. The Morgan fingerprint density at radius 2 is 2.18 bits per heavy atom. The van der Waals surface area contributed by atoms with Crippen molar-refractivity contribution >= 4 is 17.5 Å². The average molecular weight is 252 g/mol. The first-order valence-electron chi connectivity index (χ1n) is 5.01. The van der Waals surface area contributed by atoms with Gasteiger partial charge in [0.1, 0.15) is 5.82 Å². The van der Waals surface area contributed by atoms with Gasteiger partial charge in [0.2, 0.25) is 5.13 Å². The molecule has 0 atom stereocenters. The van der Waals surface area contributed by atoms with Crippen molar-refractivity contribution < 1.29 is 9.90 Å². The van der Waals surface area contributed by atoms with Crippen LogP contribution in [-0.2, 0) is 5.41 Å². The second-order valence-electron chi connectivity index (χ2n) is 4.60. The van der Waals surface area contributed by atoms with Crippen LogP contribution in [-0.4, -0.2) is 30.2 Å². The number of hydrogen-bond acceptors (Lipinski definition) is 5. The third kappa shape index (κ3) is 2.33. The van der Waals surface area contributed by atoms with E-state index in [4.69, 9.17) is 5.11 Å². The molecule has 2 aromatic heterocycles. The van der Waals surface area contributed by atoms with E-state index < -0.39 is 5.97 Å². The van der Waals surface area contributed by atoms with Gasteiger partial charge in [-0.25, -0.2) is 14.5 Å². The van der Waals surface area contributed by atoms with Crippen LogP contribution in [0.15, 0.2) is 12.3 Å². The molecule has 90 valence electrons. The Hall–Kier alpha value is -1.76. The molecule has 0 fully saturated rings. The second-order valence-corrected chi connectivity index (χ2v) is 5.33. The van der Waals surface area contributed by atoms with Crippen molar-refractivity contribution in [3.05, 3.63) is 23.8 Å². The molecule has 0 amide bonds. The monoisotopic (exact) mass is 252 g/mol. The molecule has 17 heavy (non-hydrogen) atoms. The summed E-state index contributed by atoms with van der Waals surface area (Å²) < 4.78 is 5.67. The van der Waals surface area contributed by atoms with E-state index >= 15 is 0 Å². The molecule has 0 aromatic carbocycles. The predicted octanol–water partition coefficient (Wildman–Crippen LogP) is 1.72. The number of nitrogens with zero attached hydrogens (tertiary/aromatic N) is 4.